The Morgan fingerprint density at radius 2 is 2.04 bits per heavy atom. The Morgan fingerprint density at radius 1 is 1.22 bits per heavy atom. The number of sulfone groups is 1. The minimum absolute atomic E-state index is 0.0109. The van der Waals surface area contributed by atoms with Gasteiger partial charge in [0.2, 0.25) is 0 Å². The van der Waals surface area contributed by atoms with E-state index in [1.165, 1.54) is 31.0 Å². The molecule has 4 rings (SSSR count). The van der Waals surface area contributed by atoms with E-state index in [0.717, 1.165) is 17.3 Å². The summed E-state index contributed by atoms with van der Waals surface area (Å²) in [5, 5.41) is 7.17. The molecule has 4 atom stereocenters. The standard InChI is InChI=1S/C19H25N3O3S2/c1-12-5-2-3-8-15(12)21-18(23)13-6-4-7-14(9-13)20-19-22-16-10-27(24,25)11-17(16)26-19/h4,6-7,9,12,15-17H,2-3,5,8,10-11H2,1H3,(H,20,22)(H,21,23)/t12-,15+,16-,17-/m1/s1. The molecule has 2 N–H and O–H groups in total. The van der Waals surface area contributed by atoms with E-state index in [9.17, 15) is 13.2 Å². The molecule has 2 fully saturated rings. The molecule has 0 aromatic heterocycles. The molecule has 2 heterocycles. The highest BCUT2D eigenvalue weighted by Crippen LogP contribution is 2.34. The Bertz CT molecular complexity index is 869. The zero-order chi connectivity index (χ0) is 19.0. The van der Waals surface area contributed by atoms with Crippen molar-refractivity contribution in [2.75, 3.05) is 16.8 Å². The molecule has 1 aromatic rings. The average Bonchev–Trinajstić information content (AvgIpc) is 3.09. The molecule has 6 nitrogen and oxygen atoms in total. The first-order valence-corrected chi connectivity index (χ1v) is 12.2. The minimum Gasteiger partial charge on any atom is -0.349 e. The molecule has 1 saturated heterocycles. The number of fused-ring (bicyclic) bond motifs is 1. The van der Waals surface area contributed by atoms with E-state index >= 15 is 0 Å². The van der Waals surface area contributed by atoms with Gasteiger partial charge in [-0.2, -0.15) is 0 Å². The molecule has 0 spiro atoms. The molecule has 1 saturated carbocycles. The van der Waals surface area contributed by atoms with Crippen LogP contribution in [0.2, 0.25) is 0 Å². The van der Waals surface area contributed by atoms with Gasteiger partial charge in [0.1, 0.15) is 0 Å². The SMILES string of the molecule is C[C@@H]1CCCC[C@@H]1NC(=O)c1cccc(NC2=N[C@@H]3CS(=O)(=O)C[C@H]3S2)c1. The van der Waals surface area contributed by atoms with E-state index in [0.29, 0.717) is 11.5 Å². The summed E-state index contributed by atoms with van der Waals surface area (Å²) in [6, 6.07) is 7.50. The van der Waals surface area contributed by atoms with Crippen LogP contribution in [0.5, 0.6) is 0 Å². The summed E-state index contributed by atoms with van der Waals surface area (Å²) in [5.41, 5.74) is 1.43. The number of thioether (sulfide) groups is 1. The van der Waals surface area contributed by atoms with Crippen LogP contribution in [0.15, 0.2) is 29.3 Å². The van der Waals surface area contributed by atoms with Crippen molar-refractivity contribution in [3.05, 3.63) is 29.8 Å². The van der Waals surface area contributed by atoms with Crippen molar-refractivity contribution in [1.82, 2.24) is 5.32 Å². The zero-order valence-corrected chi connectivity index (χ0v) is 17.0. The van der Waals surface area contributed by atoms with E-state index < -0.39 is 9.84 Å². The molecule has 0 unspecified atom stereocenters. The number of hydrogen-bond acceptors (Lipinski definition) is 6. The summed E-state index contributed by atoms with van der Waals surface area (Å²) in [6.07, 6.45) is 4.63. The van der Waals surface area contributed by atoms with Crippen LogP contribution in [0.25, 0.3) is 0 Å². The van der Waals surface area contributed by atoms with Crippen LogP contribution in [0.4, 0.5) is 5.69 Å². The fourth-order valence-corrected chi connectivity index (χ4v) is 7.74. The maximum absolute atomic E-state index is 12.6. The molecule has 0 bridgehead atoms. The second-order valence-corrected chi connectivity index (χ2v) is 11.2. The average molecular weight is 408 g/mol. The van der Waals surface area contributed by atoms with Crippen LogP contribution in [-0.4, -0.2) is 48.3 Å². The number of nitrogens with zero attached hydrogens (tertiary/aromatic N) is 1. The number of hydrogen-bond donors (Lipinski definition) is 2. The van der Waals surface area contributed by atoms with Gasteiger partial charge in [0, 0.05) is 22.5 Å². The van der Waals surface area contributed by atoms with Gasteiger partial charge in [-0.25, -0.2) is 8.42 Å². The first kappa shape index (κ1) is 18.8. The van der Waals surface area contributed by atoms with E-state index in [-0.39, 0.29) is 34.7 Å². The van der Waals surface area contributed by atoms with Crippen molar-refractivity contribution in [1.29, 1.82) is 0 Å². The Morgan fingerprint density at radius 3 is 2.81 bits per heavy atom. The summed E-state index contributed by atoms with van der Waals surface area (Å²) >= 11 is 1.48. The second kappa shape index (κ2) is 7.47. The molecule has 0 radical (unpaired) electrons. The van der Waals surface area contributed by atoms with E-state index in [1.807, 2.05) is 24.3 Å². The first-order valence-electron chi connectivity index (χ1n) is 9.52. The van der Waals surface area contributed by atoms with Gasteiger partial charge >= 0.3 is 0 Å². The van der Waals surface area contributed by atoms with Gasteiger partial charge < -0.3 is 10.6 Å². The van der Waals surface area contributed by atoms with Crippen molar-refractivity contribution in [3.63, 3.8) is 0 Å². The van der Waals surface area contributed by atoms with Gasteiger partial charge in [-0.1, -0.05) is 37.6 Å². The number of amidine groups is 1. The second-order valence-electron chi connectivity index (χ2n) is 7.78. The van der Waals surface area contributed by atoms with Crippen LogP contribution in [0.1, 0.15) is 43.0 Å². The van der Waals surface area contributed by atoms with Gasteiger partial charge in [-0.3, -0.25) is 9.79 Å². The maximum atomic E-state index is 12.6. The number of anilines is 1. The number of amides is 1. The predicted molar refractivity (Wildman–Crippen MR) is 110 cm³/mol. The summed E-state index contributed by atoms with van der Waals surface area (Å²) < 4.78 is 23.3. The Kier molecular flexibility index (Phi) is 5.20. The Labute approximate surface area is 164 Å². The number of aliphatic imine (C=N–C) groups is 1. The smallest absolute Gasteiger partial charge is 0.251 e. The number of rotatable bonds is 3. The van der Waals surface area contributed by atoms with Gasteiger partial charge in [0.25, 0.3) is 5.91 Å². The molecular formula is C19H25N3O3S2. The highest BCUT2D eigenvalue weighted by molar-refractivity contribution is 8.15. The lowest BCUT2D eigenvalue weighted by molar-refractivity contribution is 0.0910. The van der Waals surface area contributed by atoms with Crippen LogP contribution in [-0.2, 0) is 9.84 Å². The summed E-state index contributed by atoms with van der Waals surface area (Å²) in [4.78, 5) is 17.1. The summed E-state index contributed by atoms with van der Waals surface area (Å²) in [5.74, 6) is 0.807. The zero-order valence-electron chi connectivity index (χ0n) is 15.3. The van der Waals surface area contributed by atoms with Crippen LogP contribution in [0, 0.1) is 5.92 Å². The van der Waals surface area contributed by atoms with Crippen molar-refractivity contribution in [2.45, 2.75) is 49.9 Å². The molecule has 3 aliphatic rings. The van der Waals surface area contributed by atoms with Crippen LogP contribution < -0.4 is 10.6 Å². The molecule has 27 heavy (non-hydrogen) atoms. The first-order chi connectivity index (χ1) is 12.9. The number of carbonyl (C=O) groups is 1. The van der Waals surface area contributed by atoms with Gasteiger partial charge in [-0.15, -0.1) is 0 Å². The minimum atomic E-state index is -2.95. The molecule has 1 amide bonds. The number of benzene rings is 1. The van der Waals surface area contributed by atoms with E-state index in [4.69, 9.17) is 0 Å². The van der Waals surface area contributed by atoms with Crippen LogP contribution >= 0.6 is 11.8 Å². The normalized spacial score (nSPS) is 31.8. The molecule has 2 aliphatic heterocycles. The maximum Gasteiger partial charge on any atom is 0.251 e. The third-order valence-electron chi connectivity index (χ3n) is 5.62. The topological polar surface area (TPSA) is 87.6 Å². The number of carbonyl (C=O) groups excluding carboxylic acids is 1. The molecule has 1 aromatic carbocycles. The van der Waals surface area contributed by atoms with E-state index in [2.05, 4.69) is 22.5 Å². The van der Waals surface area contributed by atoms with Gasteiger partial charge in [-0.05, 0) is 37.0 Å². The quantitative estimate of drug-likeness (QED) is 0.804. The summed E-state index contributed by atoms with van der Waals surface area (Å²) in [6.45, 7) is 2.20. The highest BCUT2D eigenvalue weighted by Gasteiger charge is 2.42. The Hall–Kier alpha value is -1.54. The lowest BCUT2D eigenvalue weighted by Gasteiger charge is -2.29. The Balaban J connectivity index is 1.40. The summed E-state index contributed by atoms with van der Waals surface area (Å²) in [7, 11) is -2.95. The van der Waals surface area contributed by atoms with Crippen molar-refractivity contribution in [2.24, 2.45) is 10.9 Å². The van der Waals surface area contributed by atoms with Gasteiger partial charge in [0.05, 0.1) is 17.5 Å². The molecule has 8 heteroatoms. The molecular weight excluding hydrogens is 382 g/mol. The third-order valence-corrected chi connectivity index (χ3v) is 8.76. The monoisotopic (exact) mass is 407 g/mol. The highest BCUT2D eigenvalue weighted by atomic mass is 32.2. The molecule has 146 valence electrons. The van der Waals surface area contributed by atoms with E-state index in [1.54, 1.807) is 0 Å². The van der Waals surface area contributed by atoms with Crippen molar-refractivity contribution in [3.8, 4) is 0 Å². The van der Waals surface area contributed by atoms with Crippen molar-refractivity contribution < 1.29 is 13.2 Å². The van der Waals surface area contributed by atoms with Crippen LogP contribution in [0.3, 0.4) is 0 Å². The largest absolute Gasteiger partial charge is 0.349 e. The lowest BCUT2D eigenvalue weighted by Crippen LogP contribution is -2.41. The third kappa shape index (κ3) is 4.32. The lowest BCUT2D eigenvalue weighted by atomic mass is 9.86. The fraction of sp³-hybridized carbons (Fsp3) is 0.579. The van der Waals surface area contributed by atoms with Gasteiger partial charge in [0.15, 0.2) is 15.0 Å². The predicted octanol–water partition coefficient (Wildman–Crippen LogP) is 2.68. The van der Waals surface area contributed by atoms with Crippen molar-refractivity contribution >= 4 is 38.4 Å². The fourth-order valence-electron chi connectivity index (χ4n) is 4.06. The molecule has 1 aliphatic carbocycles. The number of nitrogens with one attached hydrogen (secondary N) is 2.